The molecule has 1 unspecified atom stereocenters. The van der Waals surface area contributed by atoms with Crippen molar-refractivity contribution in [1.82, 2.24) is 0 Å². The third-order valence-electron chi connectivity index (χ3n) is 2.51. The number of rotatable bonds is 6. The fourth-order valence-electron chi connectivity index (χ4n) is 1.56. The van der Waals surface area contributed by atoms with Crippen molar-refractivity contribution in [3.8, 4) is 0 Å². The van der Waals surface area contributed by atoms with Gasteiger partial charge in [0.15, 0.2) is 0 Å². The molecule has 1 atom stereocenters. The SMILES string of the molecule is OCCCCC(CO)C1CC1. The summed E-state index contributed by atoms with van der Waals surface area (Å²) in [5.41, 5.74) is 0. The highest BCUT2D eigenvalue weighted by atomic mass is 16.3. The van der Waals surface area contributed by atoms with E-state index in [9.17, 15) is 0 Å². The van der Waals surface area contributed by atoms with Crippen molar-refractivity contribution in [2.75, 3.05) is 13.2 Å². The highest BCUT2D eigenvalue weighted by molar-refractivity contribution is 4.80. The Morgan fingerprint density at radius 1 is 1.18 bits per heavy atom. The van der Waals surface area contributed by atoms with Crippen molar-refractivity contribution >= 4 is 0 Å². The highest BCUT2D eigenvalue weighted by Crippen LogP contribution is 2.38. The van der Waals surface area contributed by atoms with Crippen LogP contribution in [0.1, 0.15) is 32.1 Å². The van der Waals surface area contributed by atoms with Gasteiger partial charge in [-0.05, 0) is 37.5 Å². The summed E-state index contributed by atoms with van der Waals surface area (Å²) < 4.78 is 0. The molecule has 0 amide bonds. The first kappa shape index (κ1) is 9.01. The lowest BCUT2D eigenvalue weighted by molar-refractivity contribution is 0.193. The molecule has 0 bridgehead atoms. The van der Waals surface area contributed by atoms with Crippen molar-refractivity contribution in [2.45, 2.75) is 32.1 Å². The van der Waals surface area contributed by atoms with Gasteiger partial charge in [0, 0.05) is 13.2 Å². The average molecular weight is 158 g/mol. The molecule has 66 valence electrons. The van der Waals surface area contributed by atoms with Gasteiger partial charge in [-0.2, -0.15) is 0 Å². The van der Waals surface area contributed by atoms with Crippen LogP contribution in [0.15, 0.2) is 0 Å². The minimum absolute atomic E-state index is 0.294. The van der Waals surface area contributed by atoms with Gasteiger partial charge in [0.05, 0.1) is 0 Å². The molecule has 0 aromatic rings. The summed E-state index contributed by atoms with van der Waals surface area (Å²) >= 11 is 0. The fourth-order valence-corrected chi connectivity index (χ4v) is 1.56. The molecule has 0 aromatic heterocycles. The molecule has 1 aliphatic carbocycles. The normalized spacial score (nSPS) is 20.2. The number of aliphatic hydroxyl groups excluding tert-OH is 2. The molecular formula is C9H18O2. The summed E-state index contributed by atoms with van der Waals surface area (Å²) in [6, 6.07) is 0. The van der Waals surface area contributed by atoms with E-state index in [4.69, 9.17) is 10.2 Å². The largest absolute Gasteiger partial charge is 0.396 e. The van der Waals surface area contributed by atoms with Crippen LogP contribution >= 0.6 is 0 Å². The van der Waals surface area contributed by atoms with E-state index in [1.54, 1.807) is 0 Å². The van der Waals surface area contributed by atoms with E-state index in [0.29, 0.717) is 19.1 Å². The van der Waals surface area contributed by atoms with Gasteiger partial charge in [0.1, 0.15) is 0 Å². The zero-order valence-electron chi connectivity index (χ0n) is 7.00. The molecule has 2 N–H and O–H groups in total. The van der Waals surface area contributed by atoms with E-state index in [1.165, 1.54) is 12.8 Å². The van der Waals surface area contributed by atoms with Crippen LogP contribution in [0.3, 0.4) is 0 Å². The van der Waals surface area contributed by atoms with Gasteiger partial charge >= 0.3 is 0 Å². The standard InChI is InChI=1S/C9H18O2/c10-6-2-1-3-9(7-11)8-4-5-8/h8-11H,1-7H2. The molecular weight excluding hydrogens is 140 g/mol. The monoisotopic (exact) mass is 158 g/mol. The summed E-state index contributed by atoms with van der Waals surface area (Å²) in [6.45, 7) is 0.638. The fraction of sp³-hybridized carbons (Fsp3) is 1.00. The first-order valence-corrected chi connectivity index (χ1v) is 4.60. The van der Waals surface area contributed by atoms with Crippen LogP contribution in [0.4, 0.5) is 0 Å². The molecule has 0 saturated heterocycles. The van der Waals surface area contributed by atoms with E-state index in [0.717, 1.165) is 25.2 Å². The maximum Gasteiger partial charge on any atom is 0.0461 e. The third kappa shape index (κ3) is 3.21. The highest BCUT2D eigenvalue weighted by Gasteiger charge is 2.29. The lowest BCUT2D eigenvalue weighted by atomic mass is 9.98. The Bertz CT molecular complexity index is 99.7. The Labute approximate surface area is 68.2 Å². The summed E-state index contributed by atoms with van der Waals surface area (Å²) in [6.07, 6.45) is 5.68. The minimum atomic E-state index is 0.294. The molecule has 0 spiro atoms. The molecule has 0 radical (unpaired) electrons. The number of aliphatic hydroxyl groups is 2. The lowest BCUT2D eigenvalue weighted by Gasteiger charge is -2.11. The second kappa shape index (κ2) is 4.73. The van der Waals surface area contributed by atoms with Gasteiger partial charge in [-0.15, -0.1) is 0 Å². The first-order valence-electron chi connectivity index (χ1n) is 4.60. The van der Waals surface area contributed by atoms with Crippen LogP contribution in [-0.4, -0.2) is 23.4 Å². The van der Waals surface area contributed by atoms with Gasteiger partial charge in [0.2, 0.25) is 0 Å². The maximum absolute atomic E-state index is 8.97. The molecule has 1 saturated carbocycles. The van der Waals surface area contributed by atoms with Crippen molar-refractivity contribution in [3.63, 3.8) is 0 Å². The Hall–Kier alpha value is -0.0800. The maximum atomic E-state index is 8.97. The van der Waals surface area contributed by atoms with Crippen molar-refractivity contribution in [2.24, 2.45) is 11.8 Å². The smallest absolute Gasteiger partial charge is 0.0461 e. The third-order valence-corrected chi connectivity index (χ3v) is 2.51. The van der Waals surface area contributed by atoms with Crippen molar-refractivity contribution in [1.29, 1.82) is 0 Å². The summed E-state index contributed by atoms with van der Waals surface area (Å²) in [7, 11) is 0. The van der Waals surface area contributed by atoms with E-state index in [-0.39, 0.29) is 0 Å². The van der Waals surface area contributed by atoms with Gasteiger partial charge in [-0.1, -0.05) is 6.42 Å². The van der Waals surface area contributed by atoms with Crippen LogP contribution in [0.5, 0.6) is 0 Å². The molecule has 11 heavy (non-hydrogen) atoms. The molecule has 0 aromatic carbocycles. The second-order valence-electron chi connectivity index (χ2n) is 3.50. The summed E-state index contributed by atoms with van der Waals surface area (Å²) in [5.74, 6) is 1.33. The van der Waals surface area contributed by atoms with Crippen LogP contribution in [-0.2, 0) is 0 Å². The van der Waals surface area contributed by atoms with Crippen LogP contribution in [0.25, 0.3) is 0 Å². The van der Waals surface area contributed by atoms with Crippen molar-refractivity contribution in [3.05, 3.63) is 0 Å². The van der Waals surface area contributed by atoms with E-state index < -0.39 is 0 Å². The molecule has 1 fully saturated rings. The quantitative estimate of drug-likeness (QED) is 0.570. The number of hydrogen-bond donors (Lipinski definition) is 2. The second-order valence-corrected chi connectivity index (χ2v) is 3.50. The number of unbranched alkanes of at least 4 members (excludes halogenated alkanes) is 1. The topological polar surface area (TPSA) is 40.5 Å². The van der Waals surface area contributed by atoms with Gasteiger partial charge < -0.3 is 10.2 Å². The van der Waals surface area contributed by atoms with Gasteiger partial charge in [0.25, 0.3) is 0 Å². The molecule has 2 nitrogen and oxygen atoms in total. The van der Waals surface area contributed by atoms with Crippen LogP contribution in [0, 0.1) is 11.8 Å². The minimum Gasteiger partial charge on any atom is -0.396 e. The Morgan fingerprint density at radius 2 is 1.91 bits per heavy atom. The molecule has 0 aliphatic heterocycles. The molecule has 1 aliphatic rings. The van der Waals surface area contributed by atoms with Gasteiger partial charge in [-0.25, -0.2) is 0 Å². The predicted octanol–water partition coefficient (Wildman–Crippen LogP) is 1.17. The van der Waals surface area contributed by atoms with Gasteiger partial charge in [-0.3, -0.25) is 0 Å². The predicted molar refractivity (Wildman–Crippen MR) is 44.2 cm³/mol. The van der Waals surface area contributed by atoms with Crippen LogP contribution < -0.4 is 0 Å². The number of hydrogen-bond acceptors (Lipinski definition) is 2. The van der Waals surface area contributed by atoms with Crippen molar-refractivity contribution < 1.29 is 10.2 Å². The van der Waals surface area contributed by atoms with Crippen LogP contribution in [0.2, 0.25) is 0 Å². The Kier molecular flexibility index (Phi) is 3.87. The summed E-state index contributed by atoms with van der Waals surface area (Å²) in [4.78, 5) is 0. The van der Waals surface area contributed by atoms with E-state index >= 15 is 0 Å². The molecule has 2 heteroatoms. The lowest BCUT2D eigenvalue weighted by Crippen LogP contribution is -2.08. The zero-order valence-corrected chi connectivity index (χ0v) is 7.00. The van der Waals surface area contributed by atoms with E-state index in [1.807, 2.05) is 0 Å². The molecule has 0 heterocycles. The first-order chi connectivity index (χ1) is 5.38. The average Bonchev–Trinajstić information content (AvgIpc) is 2.81. The summed E-state index contributed by atoms with van der Waals surface area (Å²) in [5, 5.41) is 17.5. The Morgan fingerprint density at radius 3 is 2.36 bits per heavy atom. The molecule has 1 rings (SSSR count). The van der Waals surface area contributed by atoms with E-state index in [2.05, 4.69) is 0 Å². The zero-order chi connectivity index (χ0) is 8.10. The Balaban J connectivity index is 2.01.